The quantitative estimate of drug-likeness (QED) is 0.790. The molecule has 2 fully saturated rings. The van der Waals surface area contributed by atoms with Gasteiger partial charge in [0.25, 0.3) is 0 Å². The molecule has 0 aromatic rings. The van der Waals surface area contributed by atoms with Crippen molar-refractivity contribution < 1.29 is 4.79 Å². The smallest absolute Gasteiger partial charge is 0.222 e. The minimum Gasteiger partial charge on any atom is -0.343 e. The van der Waals surface area contributed by atoms with Gasteiger partial charge in [-0.3, -0.25) is 4.79 Å². The van der Waals surface area contributed by atoms with E-state index in [-0.39, 0.29) is 0 Å². The summed E-state index contributed by atoms with van der Waals surface area (Å²) in [5.41, 5.74) is 0.550. The van der Waals surface area contributed by atoms with E-state index in [0.29, 0.717) is 17.2 Å². The lowest BCUT2D eigenvalue weighted by Gasteiger charge is -2.48. The summed E-state index contributed by atoms with van der Waals surface area (Å²) in [6.45, 7) is 8.66. The van der Waals surface area contributed by atoms with E-state index in [1.54, 1.807) is 0 Å². The lowest BCUT2D eigenvalue weighted by molar-refractivity contribution is -0.134. The van der Waals surface area contributed by atoms with Gasteiger partial charge in [-0.25, -0.2) is 0 Å². The van der Waals surface area contributed by atoms with Crippen molar-refractivity contribution in [1.82, 2.24) is 10.2 Å². The van der Waals surface area contributed by atoms with Crippen LogP contribution in [0.2, 0.25) is 0 Å². The maximum atomic E-state index is 11.9. The first-order chi connectivity index (χ1) is 7.61. The normalized spacial score (nSPS) is 23.6. The van der Waals surface area contributed by atoms with Crippen LogP contribution in [0.5, 0.6) is 0 Å². The van der Waals surface area contributed by atoms with Crippen LogP contribution in [-0.4, -0.2) is 37.0 Å². The van der Waals surface area contributed by atoms with Crippen molar-refractivity contribution in [1.29, 1.82) is 0 Å². The molecule has 3 nitrogen and oxygen atoms in total. The minimum atomic E-state index is 0.371. The van der Waals surface area contributed by atoms with Crippen LogP contribution in [0, 0.1) is 11.3 Å². The summed E-state index contributed by atoms with van der Waals surface area (Å²) in [5, 5.41) is 3.35. The van der Waals surface area contributed by atoms with Crippen molar-refractivity contribution in [2.24, 2.45) is 11.3 Å². The molecule has 0 radical (unpaired) electrons. The highest BCUT2D eigenvalue weighted by Gasteiger charge is 2.40. The fourth-order valence-corrected chi connectivity index (χ4v) is 2.63. The Hall–Kier alpha value is -0.570. The number of nitrogens with zero attached hydrogens (tertiary/aromatic N) is 1. The fraction of sp³-hybridized carbons (Fsp3) is 0.923. The Kier molecular flexibility index (Phi) is 3.53. The van der Waals surface area contributed by atoms with Crippen molar-refractivity contribution in [3.63, 3.8) is 0 Å². The van der Waals surface area contributed by atoms with Crippen LogP contribution in [0.4, 0.5) is 0 Å². The van der Waals surface area contributed by atoms with Crippen molar-refractivity contribution in [3.8, 4) is 0 Å². The predicted octanol–water partition coefficient (Wildman–Crippen LogP) is 1.63. The van der Waals surface area contributed by atoms with Crippen LogP contribution >= 0.6 is 0 Å². The highest BCUT2D eigenvalue weighted by molar-refractivity contribution is 5.76. The molecular weight excluding hydrogens is 200 g/mol. The van der Waals surface area contributed by atoms with Gasteiger partial charge in [-0.15, -0.1) is 0 Å². The van der Waals surface area contributed by atoms with E-state index in [0.717, 1.165) is 25.9 Å². The molecule has 0 aromatic heterocycles. The van der Waals surface area contributed by atoms with E-state index in [1.807, 2.05) is 0 Å². The molecule has 0 aromatic carbocycles. The molecule has 1 amide bonds. The second kappa shape index (κ2) is 4.74. The summed E-state index contributed by atoms with van der Waals surface area (Å²) >= 11 is 0. The van der Waals surface area contributed by atoms with Crippen LogP contribution in [-0.2, 0) is 4.79 Å². The number of likely N-dealkylation sites (tertiary alicyclic amines) is 1. The van der Waals surface area contributed by atoms with Gasteiger partial charge >= 0.3 is 0 Å². The number of carbonyl (C=O) groups excluding carboxylic acids is 1. The summed E-state index contributed by atoms with van der Waals surface area (Å²) in [6.07, 6.45) is 4.17. The number of nitrogens with one attached hydrogen (secondary N) is 1. The second-order valence-corrected chi connectivity index (χ2v) is 5.92. The Bertz CT molecular complexity index is 249. The predicted molar refractivity (Wildman–Crippen MR) is 65.2 cm³/mol. The van der Waals surface area contributed by atoms with Gasteiger partial charge in [-0.2, -0.15) is 0 Å². The molecule has 0 bridgehead atoms. The molecule has 0 aliphatic carbocycles. The molecule has 3 heteroatoms. The van der Waals surface area contributed by atoms with Crippen molar-refractivity contribution in [2.45, 2.75) is 39.5 Å². The first-order valence-electron chi connectivity index (χ1n) is 6.60. The standard InChI is InChI=1S/C13H24N2O/c1-11(2)3-4-12(16)15-7-5-13(6-8-15)9-14-10-13/h11,14H,3-10H2,1-2H3. The van der Waals surface area contributed by atoms with E-state index in [4.69, 9.17) is 0 Å². The Balaban J connectivity index is 1.73. The maximum Gasteiger partial charge on any atom is 0.222 e. The Morgan fingerprint density at radius 2 is 1.94 bits per heavy atom. The van der Waals surface area contributed by atoms with E-state index in [9.17, 15) is 4.79 Å². The van der Waals surface area contributed by atoms with E-state index < -0.39 is 0 Å². The number of hydrogen-bond donors (Lipinski definition) is 1. The van der Waals surface area contributed by atoms with E-state index in [2.05, 4.69) is 24.1 Å². The molecule has 0 atom stereocenters. The highest BCUT2D eigenvalue weighted by Crippen LogP contribution is 2.35. The summed E-state index contributed by atoms with van der Waals surface area (Å²) in [6, 6.07) is 0. The zero-order chi connectivity index (χ0) is 11.6. The third-order valence-electron chi connectivity index (χ3n) is 4.11. The fourth-order valence-electron chi connectivity index (χ4n) is 2.63. The van der Waals surface area contributed by atoms with Crippen molar-refractivity contribution in [2.75, 3.05) is 26.2 Å². The second-order valence-electron chi connectivity index (χ2n) is 5.92. The molecule has 1 spiro atoms. The highest BCUT2D eigenvalue weighted by atomic mass is 16.2. The van der Waals surface area contributed by atoms with Crippen LogP contribution in [0.3, 0.4) is 0 Å². The van der Waals surface area contributed by atoms with Gasteiger partial charge in [0, 0.05) is 32.6 Å². The van der Waals surface area contributed by atoms with Gasteiger partial charge < -0.3 is 10.2 Å². The first kappa shape index (κ1) is 11.9. The summed E-state index contributed by atoms with van der Waals surface area (Å²) in [7, 11) is 0. The van der Waals surface area contributed by atoms with Crippen LogP contribution in [0.1, 0.15) is 39.5 Å². The van der Waals surface area contributed by atoms with Gasteiger partial charge in [0.05, 0.1) is 0 Å². The monoisotopic (exact) mass is 224 g/mol. The molecule has 16 heavy (non-hydrogen) atoms. The van der Waals surface area contributed by atoms with Gasteiger partial charge in [0.2, 0.25) is 5.91 Å². The van der Waals surface area contributed by atoms with Gasteiger partial charge in [0.15, 0.2) is 0 Å². The lowest BCUT2D eigenvalue weighted by atomic mass is 9.73. The molecular formula is C13H24N2O. The molecule has 92 valence electrons. The Labute approximate surface area is 98.6 Å². The van der Waals surface area contributed by atoms with Crippen LogP contribution in [0.25, 0.3) is 0 Å². The zero-order valence-corrected chi connectivity index (χ0v) is 10.6. The number of piperidine rings is 1. The molecule has 2 saturated heterocycles. The SMILES string of the molecule is CC(C)CCC(=O)N1CCC2(CC1)CNC2. The summed E-state index contributed by atoms with van der Waals surface area (Å²) < 4.78 is 0. The third kappa shape index (κ3) is 2.57. The summed E-state index contributed by atoms with van der Waals surface area (Å²) in [5.74, 6) is 1.01. The van der Waals surface area contributed by atoms with Crippen molar-refractivity contribution in [3.05, 3.63) is 0 Å². The average Bonchev–Trinajstić information content (AvgIpc) is 2.24. The van der Waals surface area contributed by atoms with Gasteiger partial charge in [-0.05, 0) is 30.6 Å². The minimum absolute atomic E-state index is 0.371. The molecule has 2 heterocycles. The molecule has 2 aliphatic heterocycles. The van der Waals surface area contributed by atoms with E-state index in [1.165, 1.54) is 25.9 Å². The number of amides is 1. The topological polar surface area (TPSA) is 32.3 Å². The van der Waals surface area contributed by atoms with Gasteiger partial charge in [-0.1, -0.05) is 13.8 Å². The largest absolute Gasteiger partial charge is 0.343 e. The zero-order valence-electron chi connectivity index (χ0n) is 10.6. The number of hydrogen-bond acceptors (Lipinski definition) is 2. The third-order valence-corrected chi connectivity index (χ3v) is 4.11. The number of rotatable bonds is 3. The number of carbonyl (C=O) groups is 1. The Morgan fingerprint density at radius 3 is 2.38 bits per heavy atom. The maximum absolute atomic E-state index is 11.9. The molecule has 2 aliphatic rings. The summed E-state index contributed by atoms with van der Waals surface area (Å²) in [4.78, 5) is 14.0. The lowest BCUT2D eigenvalue weighted by Crippen LogP contribution is -2.58. The van der Waals surface area contributed by atoms with Crippen LogP contribution in [0.15, 0.2) is 0 Å². The molecule has 0 unspecified atom stereocenters. The molecule has 2 rings (SSSR count). The van der Waals surface area contributed by atoms with Gasteiger partial charge in [0.1, 0.15) is 0 Å². The first-order valence-corrected chi connectivity index (χ1v) is 6.60. The Morgan fingerprint density at radius 1 is 1.31 bits per heavy atom. The molecule has 1 N–H and O–H groups in total. The van der Waals surface area contributed by atoms with Crippen LogP contribution < -0.4 is 5.32 Å². The van der Waals surface area contributed by atoms with Crippen molar-refractivity contribution >= 4 is 5.91 Å². The average molecular weight is 224 g/mol. The molecule has 0 saturated carbocycles. The van der Waals surface area contributed by atoms with E-state index >= 15 is 0 Å².